The zero-order chi connectivity index (χ0) is 13.2. The normalized spacial score (nSPS) is 13.9. The second kappa shape index (κ2) is 5.53. The van der Waals surface area contributed by atoms with Crippen molar-refractivity contribution >= 4 is 46.4 Å². The molecule has 0 aliphatic carbocycles. The predicted octanol–water partition coefficient (Wildman–Crippen LogP) is 3.84. The van der Waals surface area contributed by atoms with Crippen molar-refractivity contribution in [3.05, 3.63) is 44.7 Å². The SMILES string of the molecule is O=C(Nc1cc(Cl)ccn1)c1cc2c(s1)CCSC2. The molecule has 0 spiro atoms. The molecular formula is C13H11ClN2OS2. The minimum Gasteiger partial charge on any atom is -0.306 e. The number of pyridine rings is 1. The number of thioether (sulfide) groups is 1. The van der Waals surface area contributed by atoms with Gasteiger partial charge in [0, 0.05) is 21.8 Å². The van der Waals surface area contributed by atoms with Crippen LogP contribution >= 0.6 is 34.7 Å². The monoisotopic (exact) mass is 310 g/mol. The van der Waals surface area contributed by atoms with Gasteiger partial charge in [-0.3, -0.25) is 4.79 Å². The zero-order valence-corrected chi connectivity index (χ0v) is 12.4. The Morgan fingerprint density at radius 2 is 2.32 bits per heavy atom. The van der Waals surface area contributed by atoms with Crippen molar-refractivity contribution in [1.29, 1.82) is 0 Å². The molecular weight excluding hydrogens is 300 g/mol. The minimum absolute atomic E-state index is 0.112. The Morgan fingerprint density at radius 1 is 1.42 bits per heavy atom. The molecule has 3 rings (SSSR count). The highest BCUT2D eigenvalue weighted by Gasteiger charge is 2.17. The Labute approximate surface area is 124 Å². The van der Waals surface area contributed by atoms with Crippen LogP contribution in [0.1, 0.15) is 20.1 Å². The van der Waals surface area contributed by atoms with Gasteiger partial charge in [-0.15, -0.1) is 11.3 Å². The number of hydrogen-bond acceptors (Lipinski definition) is 4. The first-order valence-electron chi connectivity index (χ1n) is 5.84. The fourth-order valence-electron chi connectivity index (χ4n) is 1.91. The number of nitrogens with zero attached hydrogens (tertiary/aromatic N) is 1. The highest BCUT2D eigenvalue weighted by atomic mass is 35.5. The Bertz CT molecular complexity index is 603. The molecule has 0 radical (unpaired) electrons. The molecule has 0 atom stereocenters. The van der Waals surface area contributed by atoms with Crippen molar-refractivity contribution in [2.45, 2.75) is 12.2 Å². The number of anilines is 1. The van der Waals surface area contributed by atoms with Gasteiger partial charge in [0.2, 0.25) is 0 Å². The summed E-state index contributed by atoms with van der Waals surface area (Å²) in [7, 11) is 0. The van der Waals surface area contributed by atoms with Crippen molar-refractivity contribution in [2.24, 2.45) is 0 Å². The van der Waals surface area contributed by atoms with Gasteiger partial charge in [0.25, 0.3) is 5.91 Å². The maximum atomic E-state index is 12.2. The summed E-state index contributed by atoms with van der Waals surface area (Å²) in [5, 5.41) is 3.34. The van der Waals surface area contributed by atoms with E-state index in [0.717, 1.165) is 22.8 Å². The third-order valence-corrected chi connectivity index (χ3v) is 5.29. The van der Waals surface area contributed by atoms with Gasteiger partial charge in [0.05, 0.1) is 4.88 Å². The number of aromatic nitrogens is 1. The summed E-state index contributed by atoms with van der Waals surface area (Å²) in [5.41, 5.74) is 1.30. The van der Waals surface area contributed by atoms with E-state index in [2.05, 4.69) is 10.3 Å². The number of halogens is 1. The van der Waals surface area contributed by atoms with Gasteiger partial charge in [-0.25, -0.2) is 4.98 Å². The van der Waals surface area contributed by atoms with Crippen LogP contribution in [0.15, 0.2) is 24.4 Å². The number of aryl methyl sites for hydroxylation is 1. The van der Waals surface area contributed by atoms with Gasteiger partial charge in [-0.2, -0.15) is 11.8 Å². The predicted molar refractivity (Wildman–Crippen MR) is 81.4 cm³/mol. The molecule has 3 heterocycles. The maximum Gasteiger partial charge on any atom is 0.266 e. The molecule has 1 amide bonds. The number of hydrogen-bond donors (Lipinski definition) is 1. The average molecular weight is 311 g/mol. The fourth-order valence-corrected chi connectivity index (χ4v) is 4.34. The first-order valence-corrected chi connectivity index (χ1v) is 8.19. The summed E-state index contributed by atoms with van der Waals surface area (Å²) < 4.78 is 0. The van der Waals surface area contributed by atoms with E-state index in [-0.39, 0.29) is 5.91 Å². The first kappa shape index (κ1) is 13.0. The molecule has 0 bridgehead atoms. The van der Waals surface area contributed by atoms with E-state index in [4.69, 9.17) is 11.6 Å². The van der Waals surface area contributed by atoms with E-state index in [1.165, 1.54) is 10.4 Å². The van der Waals surface area contributed by atoms with Crippen LogP contribution in [-0.2, 0) is 12.2 Å². The van der Waals surface area contributed by atoms with Crippen molar-refractivity contribution in [2.75, 3.05) is 11.1 Å². The second-order valence-electron chi connectivity index (χ2n) is 4.18. The summed E-state index contributed by atoms with van der Waals surface area (Å²) in [5.74, 6) is 2.52. The van der Waals surface area contributed by atoms with E-state index in [0.29, 0.717) is 10.8 Å². The molecule has 1 aliphatic heterocycles. The number of amides is 1. The largest absolute Gasteiger partial charge is 0.306 e. The lowest BCUT2D eigenvalue weighted by molar-refractivity contribution is 0.103. The summed E-state index contributed by atoms with van der Waals surface area (Å²) in [6, 6.07) is 5.31. The van der Waals surface area contributed by atoms with Crippen LogP contribution in [0, 0.1) is 0 Å². The molecule has 0 saturated carbocycles. The van der Waals surface area contributed by atoms with Crippen LogP contribution in [0.25, 0.3) is 0 Å². The number of thiophene rings is 1. The van der Waals surface area contributed by atoms with E-state index < -0.39 is 0 Å². The highest BCUT2D eigenvalue weighted by molar-refractivity contribution is 7.98. The standard InChI is InChI=1S/C13H11ClN2OS2/c14-9-1-3-15-12(6-9)16-13(17)11-5-8-7-18-4-2-10(8)19-11/h1,3,5-6H,2,4,7H2,(H,15,16,17). The summed E-state index contributed by atoms with van der Waals surface area (Å²) in [6.07, 6.45) is 2.64. The lowest BCUT2D eigenvalue weighted by Crippen LogP contribution is -2.11. The van der Waals surface area contributed by atoms with E-state index >= 15 is 0 Å². The zero-order valence-electron chi connectivity index (χ0n) is 9.98. The summed E-state index contributed by atoms with van der Waals surface area (Å²) in [6.45, 7) is 0. The van der Waals surface area contributed by atoms with Crippen LogP contribution in [0.4, 0.5) is 5.82 Å². The van der Waals surface area contributed by atoms with Gasteiger partial charge in [-0.1, -0.05) is 11.6 Å². The average Bonchev–Trinajstić information content (AvgIpc) is 2.82. The topological polar surface area (TPSA) is 42.0 Å². The smallest absolute Gasteiger partial charge is 0.266 e. The molecule has 0 aromatic carbocycles. The molecule has 6 heteroatoms. The third-order valence-electron chi connectivity index (χ3n) is 2.82. The first-order chi connectivity index (χ1) is 9.22. The number of nitrogens with one attached hydrogen (secondary N) is 1. The number of carbonyl (C=O) groups excluding carboxylic acids is 1. The van der Waals surface area contributed by atoms with Gasteiger partial charge >= 0.3 is 0 Å². The Morgan fingerprint density at radius 3 is 3.11 bits per heavy atom. The molecule has 19 heavy (non-hydrogen) atoms. The third kappa shape index (κ3) is 2.94. The van der Waals surface area contributed by atoms with E-state index in [1.807, 2.05) is 17.8 Å². The fraction of sp³-hybridized carbons (Fsp3) is 0.231. The molecule has 0 saturated heterocycles. The molecule has 3 nitrogen and oxygen atoms in total. The summed E-state index contributed by atoms with van der Waals surface area (Å²) >= 11 is 9.36. The lowest BCUT2D eigenvalue weighted by Gasteiger charge is -2.08. The van der Waals surface area contributed by atoms with Gasteiger partial charge < -0.3 is 5.32 Å². The summed E-state index contributed by atoms with van der Waals surface area (Å²) in [4.78, 5) is 18.3. The Hall–Kier alpha value is -1.04. The van der Waals surface area contributed by atoms with Crippen LogP contribution < -0.4 is 5.32 Å². The van der Waals surface area contributed by atoms with Crippen LogP contribution in [0.2, 0.25) is 5.02 Å². The number of carbonyl (C=O) groups is 1. The minimum atomic E-state index is -0.112. The molecule has 1 N–H and O–H groups in total. The van der Waals surface area contributed by atoms with Crippen LogP contribution in [0.5, 0.6) is 0 Å². The molecule has 2 aromatic rings. The quantitative estimate of drug-likeness (QED) is 0.916. The van der Waals surface area contributed by atoms with Gasteiger partial charge in [0.15, 0.2) is 0 Å². The Kier molecular flexibility index (Phi) is 3.77. The number of rotatable bonds is 2. The van der Waals surface area contributed by atoms with Crippen LogP contribution in [-0.4, -0.2) is 16.6 Å². The Balaban J connectivity index is 1.78. The van der Waals surface area contributed by atoms with Gasteiger partial charge in [-0.05, 0) is 35.9 Å². The van der Waals surface area contributed by atoms with E-state index in [1.54, 1.807) is 29.7 Å². The van der Waals surface area contributed by atoms with Crippen molar-refractivity contribution in [3.63, 3.8) is 0 Å². The van der Waals surface area contributed by atoms with Crippen LogP contribution in [0.3, 0.4) is 0 Å². The molecule has 0 unspecified atom stereocenters. The number of fused-ring (bicyclic) bond motifs is 1. The maximum absolute atomic E-state index is 12.2. The molecule has 98 valence electrons. The molecule has 1 aliphatic rings. The highest BCUT2D eigenvalue weighted by Crippen LogP contribution is 2.32. The molecule has 2 aromatic heterocycles. The van der Waals surface area contributed by atoms with Gasteiger partial charge in [0.1, 0.15) is 5.82 Å². The van der Waals surface area contributed by atoms with Crippen molar-refractivity contribution in [3.8, 4) is 0 Å². The molecule has 0 fully saturated rings. The second-order valence-corrected chi connectivity index (χ2v) is 6.85. The van der Waals surface area contributed by atoms with Crippen molar-refractivity contribution in [1.82, 2.24) is 4.98 Å². The lowest BCUT2D eigenvalue weighted by atomic mass is 10.2. The van der Waals surface area contributed by atoms with Crippen molar-refractivity contribution < 1.29 is 4.79 Å². The van der Waals surface area contributed by atoms with E-state index in [9.17, 15) is 4.79 Å².